The van der Waals surface area contributed by atoms with Crippen molar-refractivity contribution in [3.8, 4) is 5.75 Å². The van der Waals surface area contributed by atoms with Crippen LogP contribution < -0.4 is 15.5 Å². The van der Waals surface area contributed by atoms with Gasteiger partial charge in [-0.1, -0.05) is 29.8 Å². The van der Waals surface area contributed by atoms with Crippen LogP contribution in [0.3, 0.4) is 0 Å². The van der Waals surface area contributed by atoms with E-state index in [0.29, 0.717) is 32.5 Å². The fourth-order valence-electron chi connectivity index (χ4n) is 4.56. The number of amides is 1. The minimum Gasteiger partial charge on any atom is -0.491 e. The number of aliphatic hydroxyl groups is 1. The molecule has 3 N–H and O–H groups in total. The minimum atomic E-state index is -0.624. The van der Waals surface area contributed by atoms with Crippen LogP contribution in [-0.4, -0.2) is 70.7 Å². The van der Waals surface area contributed by atoms with Gasteiger partial charge in [-0.25, -0.2) is 10.1 Å². The van der Waals surface area contributed by atoms with Crippen molar-refractivity contribution < 1.29 is 19.4 Å². The molecule has 2 heterocycles. The molecule has 0 saturated heterocycles. The van der Waals surface area contributed by atoms with Crippen LogP contribution in [0.1, 0.15) is 43.2 Å². The topological polar surface area (TPSA) is 123 Å². The predicted molar refractivity (Wildman–Crippen MR) is 144 cm³/mol. The average Bonchev–Trinajstić information content (AvgIpc) is 3.32. The Morgan fingerprint density at radius 3 is 2.79 bits per heavy atom. The van der Waals surface area contributed by atoms with Crippen molar-refractivity contribution in [3.63, 3.8) is 0 Å². The van der Waals surface area contributed by atoms with Crippen LogP contribution in [0.4, 0.5) is 0 Å². The Balaban J connectivity index is 0.986. The second-order valence-corrected chi connectivity index (χ2v) is 10.0. The number of carbonyl (C=O) groups is 1. The lowest BCUT2D eigenvalue weighted by Gasteiger charge is -2.24. The van der Waals surface area contributed by atoms with E-state index in [1.807, 2.05) is 35.0 Å². The van der Waals surface area contributed by atoms with Crippen LogP contribution in [0.5, 0.6) is 5.75 Å². The Labute approximate surface area is 222 Å². The maximum absolute atomic E-state index is 11.3. The summed E-state index contributed by atoms with van der Waals surface area (Å²) in [5, 5.41) is 26.2. The first-order chi connectivity index (χ1) is 18.6. The molecule has 1 aromatic heterocycles. The van der Waals surface area contributed by atoms with Gasteiger partial charge in [-0.3, -0.25) is 4.79 Å². The molecule has 1 unspecified atom stereocenters. The number of nitrogens with zero attached hydrogens (tertiary/aromatic N) is 4. The zero-order valence-electron chi connectivity index (χ0n) is 21.6. The highest BCUT2D eigenvalue weighted by molar-refractivity contribution is 6.05. The molecule has 5 rings (SSSR count). The number of hydrogen-bond donors (Lipinski definition) is 3. The van der Waals surface area contributed by atoms with Gasteiger partial charge in [-0.2, -0.15) is 5.10 Å². The first-order valence-electron chi connectivity index (χ1n) is 13.5. The van der Waals surface area contributed by atoms with Gasteiger partial charge in [-0.15, -0.1) is 5.10 Å². The standard InChI is InChI=1S/C28H36N6O4/c35-23(19-38-24-7-4-20(5-8-24)12-15-37-18-21-2-1-3-21)17-29-13-14-34-27-10-6-22(16-26(27)31-33-34)25-9-11-28(36)32-30-25/h4-8,10,16,21,23,29,35H,1-3,9,11-15,17-19H2,(H,32,36). The van der Waals surface area contributed by atoms with E-state index in [2.05, 4.69) is 38.3 Å². The van der Waals surface area contributed by atoms with Crippen LogP contribution in [-0.2, 0) is 22.5 Å². The number of nitrogens with one attached hydrogen (secondary N) is 2. The number of rotatable bonds is 14. The molecule has 10 heteroatoms. The van der Waals surface area contributed by atoms with Gasteiger partial charge in [0.1, 0.15) is 24.0 Å². The van der Waals surface area contributed by atoms with E-state index in [9.17, 15) is 9.90 Å². The number of hydrazone groups is 1. The Hall–Kier alpha value is -3.34. The van der Waals surface area contributed by atoms with Crippen LogP contribution in [0.25, 0.3) is 11.0 Å². The van der Waals surface area contributed by atoms with E-state index in [1.165, 1.54) is 24.8 Å². The molecular weight excluding hydrogens is 484 g/mol. The first kappa shape index (κ1) is 26.3. The molecule has 1 amide bonds. The molecule has 1 aliphatic heterocycles. The third kappa shape index (κ3) is 7.15. The normalized spacial score (nSPS) is 16.7. The smallest absolute Gasteiger partial charge is 0.240 e. The quantitative estimate of drug-likeness (QED) is 0.279. The van der Waals surface area contributed by atoms with E-state index < -0.39 is 6.10 Å². The summed E-state index contributed by atoms with van der Waals surface area (Å²) in [7, 11) is 0. The molecule has 2 aliphatic rings. The third-order valence-corrected chi connectivity index (χ3v) is 7.11. The van der Waals surface area contributed by atoms with Crippen molar-refractivity contribution in [1.82, 2.24) is 25.7 Å². The van der Waals surface area contributed by atoms with Gasteiger partial charge in [0.05, 0.1) is 24.4 Å². The maximum Gasteiger partial charge on any atom is 0.240 e. The molecular formula is C28H36N6O4. The summed E-state index contributed by atoms with van der Waals surface area (Å²) in [6.45, 7) is 3.53. The highest BCUT2D eigenvalue weighted by Crippen LogP contribution is 2.26. The van der Waals surface area contributed by atoms with E-state index in [0.717, 1.165) is 53.6 Å². The Kier molecular flexibility index (Phi) is 8.95. The number of aliphatic hydroxyl groups excluding tert-OH is 1. The van der Waals surface area contributed by atoms with Crippen LogP contribution in [0, 0.1) is 5.92 Å². The van der Waals surface area contributed by atoms with Crippen molar-refractivity contribution >= 4 is 22.7 Å². The molecule has 2 aromatic carbocycles. The van der Waals surface area contributed by atoms with Crippen molar-refractivity contribution in [2.45, 2.75) is 51.2 Å². The van der Waals surface area contributed by atoms with Crippen LogP contribution in [0.15, 0.2) is 47.6 Å². The van der Waals surface area contributed by atoms with Gasteiger partial charge in [0, 0.05) is 38.1 Å². The first-order valence-corrected chi connectivity index (χ1v) is 13.5. The summed E-state index contributed by atoms with van der Waals surface area (Å²) >= 11 is 0. The van der Waals surface area contributed by atoms with Gasteiger partial charge in [-0.05, 0) is 55.0 Å². The Morgan fingerprint density at radius 2 is 2.03 bits per heavy atom. The lowest BCUT2D eigenvalue weighted by molar-refractivity contribution is -0.121. The van der Waals surface area contributed by atoms with Gasteiger partial charge < -0.3 is 19.9 Å². The fraction of sp³-hybridized carbons (Fsp3) is 0.500. The summed E-state index contributed by atoms with van der Waals surface area (Å²) in [5.74, 6) is 1.46. The summed E-state index contributed by atoms with van der Waals surface area (Å²) in [5.41, 5.74) is 7.24. The molecule has 1 aliphatic carbocycles. The number of aromatic nitrogens is 3. The van der Waals surface area contributed by atoms with Crippen LogP contribution >= 0.6 is 0 Å². The van der Waals surface area contributed by atoms with E-state index >= 15 is 0 Å². The largest absolute Gasteiger partial charge is 0.491 e. The van der Waals surface area contributed by atoms with Crippen molar-refractivity contribution in [2.24, 2.45) is 11.0 Å². The molecule has 3 aromatic rings. The lowest BCUT2D eigenvalue weighted by Crippen LogP contribution is -2.33. The molecule has 38 heavy (non-hydrogen) atoms. The third-order valence-electron chi connectivity index (χ3n) is 7.11. The average molecular weight is 521 g/mol. The number of benzene rings is 2. The molecule has 0 radical (unpaired) electrons. The zero-order valence-corrected chi connectivity index (χ0v) is 21.6. The highest BCUT2D eigenvalue weighted by atomic mass is 16.5. The van der Waals surface area contributed by atoms with E-state index in [1.54, 1.807) is 0 Å². The Bertz CT molecular complexity index is 1240. The number of hydrogen-bond acceptors (Lipinski definition) is 8. The molecule has 1 saturated carbocycles. The molecule has 0 spiro atoms. The van der Waals surface area contributed by atoms with Crippen LogP contribution in [0.2, 0.25) is 0 Å². The summed E-state index contributed by atoms with van der Waals surface area (Å²) in [4.78, 5) is 11.3. The van der Waals surface area contributed by atoms with Gasteiger partial charge >= 0.3 is 0 Å². The second-order valence-electron chi connectivity index (χ2n) is 10.0. The number of carbonyl (C=O) groups excluding carboxylic acids is 1. The minimum absolute atomic E-state index is 0.0605. The summed E-state index contributed by atoms with van der Waals surface area (Å²) < 4.78 is 13.4. The highest BCUT2D eigenvalue weighted by Gasteiger charge is 2.17. The van der Waals surface area contributed by atoms with E-state index in [4.69, 9.17) is 9.47 Å². The maximum atomic E-state index is 11.3. The van der Waals surface area contributed by atoms with Crippen molar-refractivity contribution in [2.75, 3.05) is 32.9 Å². The van der Waals surface area contributed by atoms with Gasteiger partial charge in [0.2, 0.25) is 5.91 Å². The Morgan fingerprint density at radius 1 is 1.16 bits per heavy atom. The monoisotopic (exact) mass is 520 g/mol. The van der Waals surface area contributed by atoms with E-state index in [-0.39, 0.29) is 12.5 Å². The lowest BCUT2D eigenvalue weighted by atomic mass is 9.86. The molecule has 0 bridgehead atoms. The molecule has 1 atom stereocenters. The van der Waals surface area contributed by atoms with Gasteiger partial charge in [0.25, 0.3) is 0 Å². The van der Waals surface area contributed by atoms with Gasteiger partial charge in [0.15, 0.2) is 0 Å². The predicted octanol–water partition coefficient (Wildman–Crippen LogP) is 2.43. The number of fused-ring (bicyclic) bond motifs is 1. The molecule has 10 nitrogen and oxygen atoms in total. The van der Waals surface area contributed by atoms with Crippen molar-refractivity contribution in [3.05, 3.63) is 53.6 Å². The zero-order chi connectivity index (χ0) is 26.2. The van der Waals surface area contributed by atoms with Crippen molar-refractivity contribution in [1.29, 1.82) is 0 Å². The molecule has 1 fully saturated rings. The molecule has 202 valence electrons. The summed E-state index contributed by atoms with van der Waals surface area (Å²) in [6, 6.07) is 13.9. The second kappa shape index (κ2) is 12.9. The summed E-state index contributed by atoms with van der Waals surface area (Å²) in [6.07, 6.45) is 5.31. The fourth-order valence-corrected chi connectivity index (χ4v) is 4.56. The SMILES string of the molecule is O=C1CCC(c2ccc3c(c2)nnn3CCNCC(O)COc2ccc(CCOCC3CCC3)cc2)=NN1. The number of ether oxygens (including phenoxy) is 2.